The summed E-state index contributed by atoms with van der Waals surface area (Å²) >= 11 is 0. The van der Waals surface area contributed by atoms with Crippen molar-refractivity contribution in [3.63, 3.8) is 0 Å². The lowest BCUT2D eigenvalue weighted by molar-refractivity contribution is 0.226. The van der Waals surface area contributed by atoms with Crippen molar-refractivity contribution in [1.29, 1.82) is 0 Å². The second-order valence-corrected chi connectivity index (χ2v) is 4.96. The van der Waals surface area contributed by atoms with E-state index < -0.39 is 0 Å². The lowest BCUT2D eigenvalue weighted by Crippen LogP contribution is -1.95. The van der Waals surface area contributed by atoms with Gasteiger partial charge in [-0.3, -0.25) is 0 Å². The van der Waals surface area contributed by atoms with Crippen molar-refractivity contribution in [3.8, 4) is 0 Å². The molecule has 0 N–H and O–H groups in total. The molecule has 80 valence electrons. The van der Waals surface area contributed by atoms with Crippen LogP contribution in [0.25, 0.3) is 0 Å². The van der Waals surface area contributed by atoms with E-state index in [9.17, 15) is 0 Å². The molecule has 0 aromatic heterocycles. The van der Waals surface area contributed by atoms with Crippen molar-refractivity contribution >= 4 is 16.4 Å². The highest BCUT2D eigenvalue weighted by atomic mass is 32.2. The summed E-state index contributed by atoms with van der Waals surface area (Å²) in [5.41, 5.74) is 0. The minimum Gasteiger partial charge on any atom is -0.494 e. The standard InChI is InChI=1S/C12H20OS/c1-5-7-9-12(6-2)13-10-8-11-14(3)4/h5-7,9H,2-3,8,10-11H2,1,4H3/b7-5-,12-9+. The van der Waals surface area contributed by atoms with Crippen molar-refractivity contribution in [3.05, 3.63) is 36.6 Å². The lowest BCUT2D eigenvalue weighted by atomic mass is 10.4. The molecule has 1 unspecified atom stereocenters. The van der Waals surface area contributed by atoms with Crippen molar-refractivity contribution in [1.82, 2.24) is 0 Å². The molecule has 0 amide bonds. The van der Waals surface area contributed by atoms with Gasteiger partial charge in [-0.05, 0) is 37.5 Å². The van der Waals surface area contributed by atoms with Crippen molar-refractivity contribution in [2.45, 2.75) is 13.3 Å². The summed E-state index contributed by atoms with van der Waals surface area (Å²) in [4.78, 5) is 0. The molecular formula is C12H20OS. The average molecular weight is 212 g/mol. The summed E-state index contributed by atoms with van der Waals surface area (Å²) in [6.45, 7) is 6.42. The Morgan fingerprint density at radius 1 is 1.50 bits per heavy atom. The molecule has 1 atom stereocenters. The number of allylic oxidation sites excluding steroid dienone is 4. The zero-order valence-electron chi connectivity index (χ0n) is 9.16. The SMILES string of the molecule is C=C/C(=C\C=C/C)OCCCS(=C)C. The van der Waals surface area contributed by atoms with Gasteiger partial charge in [0, 0.05) is 0 Å². The zero-order chi connectivity index (χ0) is 10.8. The van der Waals surface area contributed by atoms with Gasteiger partial charge in [-0.25, -0.2) is 0 Å². The Hall–Kier alpha value is -0.760. The lowest BCUT2D eigenvalue weighted by Gasteiger charge is -2.06. The maximum absolute atomic E-state index is 5.51. The Bertz CT molecular complexity index is 239. The van der Waals surface area contributed by atoms with Gasteiger partial charge >= 0.3 is 0 Å². The van der Waals surface area contributed by atoms with Gasteiger partial charge in [0.2, 0.25) is 0 Å². The molecule has 0 aromatic carbocycles. The third kappa shape index (κ3) is 7.87. The van der Waals surface area contributed by atoms with Gasteiger partial charge in [0.05, 0.1) is 6.61 Å². The monoisotopic (exact) mass is 212 g/mol. The fourth-order valence-electron chi connectivity index (χ4n) is 0.861. The molecule has 14 heavy (non-hydrogen) atoms. The molecule has 2 heteroatoms. The molecule has 0 aliphatic carbocycles. The van der Waals surface area contributed by atoms with Crippen LogP contribution in [0.3, 0.4) is 0 Å². The van der Waals surface area contributed by atoms with E-state index in [1.54, 1.807) is 6.08 Å². The van der Waals surface area contributed by atoms with Gasteiger partial charge in [0.25, 0.3) is 0 Å². The predicted octanol–water partition coefficient (Wildman–Crippen LogP) is 3.37. The molecule has 0 heterocycles. The molecule has 0 spiro atoms. The van der Waals surface area contributed by atoms with Gasteiger partial charge < -0.3 is 4.74 Å². The second-order valence-electron chi connectivity index (χ2n) is 2.99. The zero-order valence-corrected chi connectivity index (χ0v) is 9.98. The summed E-state index contributed by atoms with van der Waals surface area (Å²) in [5.74, 6) is 5.92. The van der Waals surface area contributed by atoms with Crippen LogP contribution in [0.5, 0.6) is 0 Å². The van der Waals surface area contributed by atoms with Crippen LogP contribution in [-0.4, -0.2) is 24.5 Å². The molecule has 0 saturated carbocycles. The Balaban J connectivity index is 3.73. The van der Waals surface area contributed by atoms with Crippen LogP contribution in [0.4, 0.5) is 0 Å². The van der Waals surface area contributed by atoms with Crippen LogP contribution >= 0.6 is 10.5 Å². The number of hydrogen-bond acceptors (Lipinski definition) is 1. The maximum atomic E-state index is 5.51. The molecule has 0 rings (SSSR count). The van der Waals surface area contributed by atoms with E-state index in [2.05, 4.69) is 18.7 Å². The van der Waals surface area contributed by atoms with Crippen LogP contribution in [-0.2, 0) is 4.74 Å². The topological polar surface area (TPSA) is 9.23 Å². The molecular weight excluding hydrogens is 192 g/mol. The Labute approximate surface area is 90.1 Å². The number of ether oxygens (including phenoxy) is 1. The van der Waals surface area contributed by atoms with Crippen molar-refractivity contribution in [2.75, 3.05) is 18.6 Å². The molecule has 0 radical (unpaired) electrons. The fourth-order valence-corrected chi connectivity index (χ4v) is 1.47. The highest BCUT2D eigenvalue weighted by Gasteiger charge is 1.91. The second kappa shape index (κ2) is 8.82. The summed E-state index contributed by atoms with van der Waals surface area (Å²) < 4.78 is 5.51. The first-order valence-electron chi connectivity index (χ1n) is 4.71. The minimum absolute atomic E-state index is 0.273. The quantitative estimate of drug-likeness (QED) is 0.272. The molecule has 0 aromatic rings. The van der Waals surface area contributed by atoms with Crippen LogP contribution in [0.2, 0.25) is 0 Å². The fraction of sp³-hybridized carbons (Fsp3) is 0.417. The van der Waals surface area contributed by atoms with Gasteiger partial charge in [0.1, 0.15) is 5.76 Å². The summed E-state index contributed by atoms with van der Waals surface area (Å²) in [6, 6.07) is 0. The molecule has 0 aliphatic heterocycles. The number of hydrogen-bond donors (Lipinski definition) is 0. The van der Waals surface area contributed by atoms with Gasteiger partial charge in [-0.15, -0.1) is 0 Å². The summed E-state index contributed by atoms with van der Waals surface area (Å²) in [6.07, 6.45) is 10.8. The van der Waals surface area contributed by atoms with E-state index in [0.29, 0.717) is 0 Å². The van der Waals surface area contributed by atoms with E-state index in [-0.39, 0.29) is 10.5 Å². The van der Waals surface area contributed by atoms with E-state index >= 15 is 0 Å². The largest absolute Gasteiger partial charge is 0.494 e. The molecule has 0 bridgehead atoms. The summed E-state index contributed by atoms with van der Waals surface area (Å²) in [5, 5.41) is 0. The normalized spacial score (nSPS) is 14.3. The first-order valence-corrected chi connectivity index (χ1v) is 6.68. The predicted molar refractivity (Wildman–Crippen MR) is 69.2 cm³/mol. The van der Waals surface area contributed by atoms with Gasteiger partial charge in [-0.1, -0.05) is 24.6 Å². The average Bonchev–Trinajstić information content (AvgIpc) is 2.16. The molecule has 0 saturated heterocycles. The maximum Gasteiger partial charge on any atom is 0.118 e. The first-order chi connectivity index (χ1) is 6.70. The third-order valence-electron chi connectivity index (χ3n) is 1.56. The first kappa shape index (κ1) is 13.2. The molecule has 1 nitrogen and oxygen atoms in total. The van der Waals surface area contributed by atoms with Gasteiger partial charge in [0.15, 0.2) is 0 Å². The van der Waals surface area contributed by atoms with E-state index in [4.69, 9.17) is 4.74 Å². The van der Waals surface area contributed by atoms with Crippen LogP contribution in [0.1, 0.15) is 13.3 Å². The summed E-state index contributed by atoms with van der Waals surface area (Å²) in [7, 11) is 0.273. The molecule has 0 fully saturated rings. The van der Waals surface area contributed by atoms with Crippen LogP contribution in [0, 0.1) is 0 Å². The van der Waals surface area contributed by atoms with Gasteiger partial charge in [-0.2, -0.15) is 10.5 Å². The Kier molecular flexibility index (Phi) is 8.34. The highest BCUT2D eigenvalue weighted by Crippen LogP contribution is 2.06. The van der Waals surface area contributed by atoms with Crippen molar-refractivity contribution in [2.24, 2.45) is 0 Å². The number of rotatable bonds is 7. The smallest absolute Gasteiger partial charge is 0.118 e. The van der Waals surface area contributed by atoms with E-state index in [0.717, 1.165) is 24.5 Å². The Morgan fingerprint density at radius 2 is 2.21 bits per heavy atom. The third-order valence-corrected chi connectivity index (χ3v) is 2.55. The minimum atomic E-state index is 0.273. The van der Waals surface area contributed by atoms with Crippen molar-refractivity contribution < 1.29 is 4.74 Å². The highest BCUT2D eigenvalue weighted by molar-refractivity contribution is 8.13. The van der Waals surface area contributed by atoms with E-state index in [1.165, 1.54) is 0 Å². The Morgan fingerprint density at radius 3 is 2.71 bits per heavy atom. The van der Waals surface area contributed by atoms with Crippen LogP contribution < -0.4 is 0 Å². The molecule has 0 aliphatic rings. The van der Waals surface area contributed by atoms with E-state index in [1.807, 2.05) is 25.2 Å². The van der Waals surface area contributed by atoms with Crippen LogP contribution in [0.15, 0.2) is 36.6 Å².